The molecule has 3 aromatic carbocycles. The molecule has 0 spiro atoms. The summed E-state index contributed by atoms with van der Waals surface area (Å²) in [6.07, 6.45) is 3.29. The van der Waals surface area contributed by atoms with Gasteiger partial charge in [-0.2, -0.15) is 0 Å². The Morgan fingerprint density at radius 2 is 1.72 bits per heavy atom. The summed E-state index contributed by atoms with van der Waals surface area (Å²) in [6, 6.07) is 20.9. The summed E-state index contributed by atoms with van der Waals surface area (Å²) in [7, 11) is 3.13. The van der Waals surface area contributed by atoms with Gasteiger partial charge in [0.15, 0.2) is 0 Å². The molecule has 4 aromatic rings. The molecular formula is C29H24N2O5. The van der Waals surface area contributed by atoms with Gasteiger partial charge in [-0.25, -0.2) is 0 Å². The summed E-state index contributed by atoms with van der Waals surface area (Å²) in [5, 5.41) is 13.2. The Morgan fingerprint density at radius 3 is 2.47 bits per heavy atom. The van der Waals surface area contributed by atoms with Crippen LogP contribution in [0.1, 0.15) is 22.7 Å². The van der Waals surface area contributed by atoms with E-state index in [1.165, 1.54) is 12.0 Å². The Kier molecular flexibility index (Phi) is 6.12. The van der Waals surface area contributed by atoms with Gasteiger partial charge in [0.2, 0.25) is 0 Å². The first-order valence-corrected chi connectivity index (χ1v) is 11.4. The largest absolute Gasteiger partial charge is 0.507 e. The Hall–Kier alpha value is -4.65. The minimum atomic E-state index is -0.840. The zero-order chi connectivity index (χ0) is 25.2. The van der Waals surface area contributed by atoms with E-state index in [4.69, 9.17) is 9.47 Å². The average Bonchev–Trinajstić information content (AvgIpc) is 3.17. The number of para-hydroxylation sites is 1. The number of aliphatic hydroxyl groups excluding tert-OH is 1. The topological polar surface area (TPSA) is 89.0 Å². The Bertz CT molecular complexity index is 1500. The van der Waals surface area contributed by atoms with Crippen LogP contribution in [0.2, 0.25) is 0 Å². The first-order chi connectivity index (χ1) is 17.5. The first-order valence-electron chi connectivity index (χ1n) is 11.4. The quantitative estimate of drug-likeness (QED) is 0.241. The van der Waals surface area contributed by atoms with E-state index in [9.17, 15) is 14.7 Å². The lowest BCUT2D eigenvalue weighted by molar-refractivity contribution is -0.140. The summed E-state index contributed by atoms with van der Waals surface area (Å²) in [4.78, 5) is 32.2. The van der Waals surface area contributed by atoms with Crippen LogP contribution in [-0.4, -0.2) is 40.9 Å². The smallest absolute Gasteiger partial charge is 0.295 e. The van der Waals surface area contributed by atoms with Crippen molar-refractivity contribution < 1.29 is 24.2 Å². The van der Waals surface area contributed by atoms with Crippen LogP contribution in [0.25, 0.3) is 16.5 Å². The number of fused-ring (bicyclic) bond motifs is 1. The molecule has 0 radical (unpaired) electrons. The first kappa shape index (κ1) is 23.1. The molecule has 5 rings (SSSR count). The van der Waals surface area contributed by atoms with E-state index < -0.39 is 17.7 Å². The number of ether oxygens (including phenoxy) is 2. The monoisotopic (exact) mass is 480 g/mol. The van der Waals surface area contributed by atoms with E-state index in [-0.39, 0.29) is 17.9 Å². The Morgan fingerprint density at radius 1 is 0.944 bits per heavy atom. The van der Waals surface area contributed by atoms with Crippen LogP contribution in [0.15, 0.2) is 90.8 Å². The number of hydrogen-bond acceptors (Lipinski definition) is 6. The van der Waals surface area contributed by atoms with E-state index in [1.807, 2.05) is 42.5 Å². The van der Waals surface area contributed by atoms with Gasteiger partial charge in [0.1, 0.15) is 17.3 Å². The number of carbonyl (C=O) groups is 2. The van der Waals surface area contributed by atoms with Crippen LogP contribution < -0.4 is 9.47 Å². The van der Waals surface area contributed by atoms with Gasteiger partial charge in [0.05, 0.1) is 25.8 Å². The molecule has 1 fully saturated rings. The second-order valence-corrected chi connectivity index (χ2v) is 8.46. The van der Waals surface area contributed by atoms with Crippen molar-refractivity contribution in [2.24, 2.45) is 0 Å². The number of carbonyl (C=O) groups excluding carboxylic acids is 2. The molecule has 1 atom stereocenters. The van der Waals surface area contributed by atoms with Gasteiger partial charge in [-0.3, -0.25) is 14.6 Å². The van der Waals surface area contributed by atoms with Gasteiger partial charge >= 0.3 is 0 Å². The standard InChI is InChI=1S/C29H24N2O5/c1-35-22-12-11-19-14-21(10-9-20(19)15-22)27(32)25-26(23-7-3-4-8-24(23)36-2)31(29(34)28(25)33)17-18-6-5-13-30-16-18/h3-16,26,32H,17H2,1-2H3/b27-25+. The maximum atomic E-state index is 13.4. The Balaban J connectivity index is 1.67. The second kappa shape index (κ2) is 9.54. The fraction of sp³-hybridized carbons (Fsp3) is 0.138. The lowest BCUT2D eigenvalue weighted by Gasteiger charge is -2.26. The van der Waals surface area contributed by atoms with E-state index >= 15 is 0 Å². The highest BCUT2D eigenvalue weighted by molar-refractivity contribution is 6.46. The molecule has 1 saturated heterocycles. The molecule has 7 nitrogen and oxygen atoms in total. The molecule has 1 aliphatic heterocycles. The molecule has 7 heteroatoms. The highest BCUT2D eigenvalue weighted by Gasteiger charge is 2.47. The number of rotatable bonds is 6. The number of ketones is 1. The van der Waals surface area contributed by atoms with E-state index in [0.29, 0.717) is 16.9 Å². The molecule has 2 heterocycles. The molecule has 1 aromatic heterocycles. The van der Waals surface area contributed by atoms with Crippen molar-refractivity contribution in [3.63, 3.8) is 0 Å². The van der Waals surface area contributed by atoms with Gasteiger partial charge < -0.3 is 19.5 Å². The number of aliphatic hydroxyl groups is 1. The van der Waals surface area contributed by atoms with Gasteiger partial charge in [-0.05, 0) is 46.7 Å². The molecular weight excluding hydrogens is 456 g/mol. The third-order valence-corrected chi connectivity index (χ3v) is 6.37. The summed E-state index contributed by atoms with van der Waals surface area (Å²) in [5.74, 6) is -0.451. The van der Waals surface area contributed by atoms with Crippen molar-refractivity contribution in [2.75, 3.05) is 14.2 Å². The predicted octanol–water partition coefficient (Wildman–Crippen LogP) is 4.87. The average molecular weight is 481 g/mol. The van der Waals surface area contributed by atoms with Crippen LogP contribution in [-0.2, 0) is 16.1 Å². The number of Topliss-reactive ketones (excluding diaryl/α,β-unsaturated/α-hetero) is 1. The van der Waals surface area contributed by atoms with Gasteiger partial charge in [-0.1, -0.05) is 42.5 Å². The third-order valence-electron chi connectivity index (χ3n) is 6.37. The van der Waals surface area contributed by atoms with Gasteiger partial charge in [0.25, 0.3) is 11.7 Å². The van der Waals surface area contributed by atoms with Crippen LogP contribution in [0.5, 0.6) is 11.5 Å². The lowest BCUT2D eigenvalue weighted by Crippen LogP contribution is -2.29. The normalized spacial score (nSPS) is 16.9. The molecule has 1 amide bonds. The lowest BCUT2D eigenvalue weighted by atomic mass is 9.94. The van der Waals surface area contributed by atoms with Crippen molar-refractivity contribution in [3.05, 3.63) is 107 Å². The van der Waals surface area contributed by atoms with Crippen molar-refractivity contribution >= 4 is 28.2 Å². The fourth-order valence-electron chi connectivity index (χ4n) is 4.60. The van der Waals surface area contributed by atoms with E-state index in [1.54, 1.807) is 49.8 Å². The number of likely N-dealkylation sites (tertiary alicyclic amines) is 1. The molecule has 36 heavy (non-hydrogen) atoms. The highest BCUT2D eigenvalue weighted by atomic mass is 16.5. The molecule has 1 unspecified atom stereocenters. The van der Waals surface area contributed by atoms with Crippen molar-refractivity contribution in [1.82, 2.24) is 9.88 Å². The summed E-state index contributed by atoms with van der Waals surface area (Å²) < 4.78 is 10.9. The number of benzene rings is 3. The summed E-state index contributed by atoms with van der Waals surface area (Å²) in [6.45, 7) is 0.148. The van der Waals surface area contributed by atoms with Gasteiger partial charge in [-0.15, -0.1) is 0 Å². The van der Waals surface area contributed by atoms with Gasteiger partial charge in [0, 0.05) is 30.1 Å². The molecule has 1 N–H and O–H groups in total. The SMILES string of the molecule is COc1ccc2cc(/C(O)=C3\C(=O)C(=O)N(Cc4cccnc4)C3c3ccccc3OC)ccc2c1. The highest BCUT2D eigenvalue weighted by Crippen LogP contribution is 2.43. The summed E-state index contributed by atoms with van der Waals surface area (Å²) in [5.41, 5.74) is 1.82. The number of amides is 1. The van der Waals surface area contributed by atoms with Crippen LogP contribution in [0, 0.1) is 0 Å². The van der Waals surface area contributed by atoms with Crippen LogP contribution in [0.4, 0.5) is 0 Å². The van der Waals surface area contributed by atoms with Crippen molar-refractivity contribution in [3.8, 4) is 11.5 Å². The molecule has 0 saturated carbocycles. The second-order valence-electron chi connectivity index (χ2n) is 8.46. The maximum absolute atomic E-state index is 13.4. The minimum Gasteiger partial charge on any atom is -0.507 e. The summed E-state index contributed by atoms with van der Waals surface area (Å²) >= 11 is 0. The minimum absolute atomic E-state index is 0.0150. The van der Waals surface area contributed by atoms with Crippen LogP contribution in [0.3, 0.4) is 0 Å². The number of aromatic nitrogens is 1. The Labute approximate surface area is 208 Å². The zero-order valence-corrected chi connectivity index (χ0v) is 19.8. The third kappa shape index (κ3) is 4.05. The van der Waals surface area contributed by atoms with Crippen LogP contribution >= 0.6 is 0 Å². The predicted molar refractivity (Wildman–Crippen MR) is 136 cm³/mol. The van der Waals surface area contributed by atoms with Crippen molar-refractivity contribution in [2.45, 2.75) is 12.6 Å². The molecule has 0 bridgehead atoms. The number of nitrogens with zero attached hydrogens (tertiary/aromatic N) is 2. The fourth-order valence-corrected chi connectivity index (χ4v) is 4.60. The maximum Gasteiger partial charge on any atom is 0.295 e. The number of pyridine rings is 1. The number of hydrogen-bond donors (Lipinski definition) is 1. The molecule has 0 aliphatic carbocycles. The van der Waals surface area contributed by atoms with Crippen molar-refractivity contribution in [1.29, 1.82) is 0 Å². The molecule has 1 aliphatic rings. The van der Waals surface area contributed by atoms with E-state index in [2.05, 4.69) is 4.98 Å². The zero-order valence-electron chi connectivity index (χ0n) is 19.8. The number of methoxy groups -OCH3 is 2. The van der Waals surface area contributed by atoms with E-state index in [0.717, 1.165) is 22.1 Å². The molecule has 180 valence electrons.